The van der Waals surface area contributed by atoms with Crippen LogP contribution in [0.3, 0.4) is 0 Å². The van der Waals surface area contributed by atoms with Crippen LogP contribution in [0.4, 0.5) is 0 Å². The van der Waals surface area contributed by atoms with E-state index in [0.717, 1.165) is 23.0 Å². The maximum absolute atomic E-state index is 12.4. The van der Waals surface area contributed by atoms with Gasteiger partial charge in [0.1, 0.15) is 0 Å². The van der Waals surface area contributed by atoms with E-state index in [9.17, 15) is 4.79 Å². The van der Waals surface area contributed by atoms with Gasteiger partial charge >= 0.3 is 0 Å². The second-order valence-corrected chi connectivity index (χ2v) is 6.92. The Kier molecular flexibility index (Phi) is 3.57. The Morgan fingerprint density at radius 2 is 2.05 bits per heavy atom. The van der Waals surface area contributed by atoms with Gasteiger partial charge in [0, 0.05) is 11.6 Å². The van der Waals surface area contributed by atoms with E-state index in [-0.39, 0.29) is 5.91 Å². The van der Waals surface area contributed by atoms with Gasteiger partial charge in [-0.25, -0.2) is 0 Å². The van der Waals surface area contributed by atoms with Gasteiger partial charge in [-0.05, 0) is 69.4 Å². The summed E-state index contributed by atoms with van der Waals surface area (Å²) >= 11 is 0. The molecule has 20 heavy (non-hydrogen) atoms. The summed E-state index contributed by atoms with van der Waals surface area (Å²) in [4.78, 5) is 12.4. The van der Waals surface area contributed by atoms with Crippen molar-refractivity contribution in [2.45, 2.75) is 52.5 Å². The van der Waals surface area contributed by atoms with Crippen LogP contribution in [-0.2, 0) is 0 Å². The van der Waals surface area contributed by atoms with E-state index in [1.165, 1.54) is 31.2 Å². The number of benzene rings is 1. The second-order valence-electron chi connectivity index (χ2n) is 6.92. The summed E-state index contributed by atoms with van der Waals surface area (Å²) in [5, 5.41) is 3.24. The van der Waals surface area contributed by atoms with E-state index < -0.39 is 0 Å². The zero-order chi connectivity index (χ0) is 14.3. The third-order valence-electron chi connectivity index (χ3n) is 5.42. The summed E-state index contributed by atoms with van der Waals surface area (Å²) in [6.07, 6.45) is 5.51. The van der Waals surface area contributed by atoms with Crippen molar-refractivity contribution >= 4 is 5.91 Å². The Hall–Kier alpha value is -1.31. The average Bonchev–Trinajstić information content (AvgIpc) is 3.00. The van der Waals surface area contributed by atoms with Crippen LogP contribution in [0.15, 0.2) is 18.2 Å². The quantitative estimate of drug-likeness (QED) is 0.888. The normalized spacial score (nSPS) is 29.4. The highest BCUT2D eigenvalue weighted by Crippen LogP contribution is 2.49. The predicted octanol–water partition coefficient (Wildman–Crippen LogP) is 3.86. The van der Waals surface area contributed by atoms with Gasteiger partial charge in [0.25, 0.3) is 5.91 Å². The molecule has 0 spiro atoms. The van der Waals surface area contributed by atoms with Gasteiger partial charge in [-0.1, -0.05) is 24.1 Å². The minimum atomic E-state index is 0.0952. The number of amides is 1. The Morgan fingerprint density at radius 3 is 2.65 bits per heavy atom. The molecule has 2 heteroatoms. The molecule has 0 aliphatic heterocycles. The first-order valence-electron chi connectivity index (χ1n) is 7.92. The number of nitrogens with one attached hydrogen (secondary N) is 1. The minimum absolute atomic E-state index is 0.0952. The van der Waals surface area contributed by atoms with E-state index in [1.807, 2.05) is 19.1 Å². The van der Waals surface area contributed by atoms with Crippen LogP contribution in [-0.4, -0.2) is 11.9 Å². The Balaban J connectivity index is 1.66. The maximum Gasteiger partial charge on any atom is 0.251 e. The molecule has 2 aliphatic rings. The molecule has 0 unspecified atom stereocenters. The highest BCUT2D eigenvalue weighted by molar-refractivity contribution is 5.95. The molecule has 0 heterocycles. The predicted molar refractivity (Wildman–Crippen MR) is 81.8 cm³/mol. The first-order chi connectivity index (χ1) is 9.54. The van der Waals surface area contributed by atoms with Gasteiger partial charge in [0.05, 0.1) is 0 Å². The number of carbonyl (C=O) groups is 1. The number of hydrogen-bond acceptors (Lipinski definition) is 1. The molecular weight excluding hydrogens is 246 g/mol. The third kappa shape index (κ3) is 2.48. The van der Waals surface area contributed by atoms with Crippen molar-refractivity contribution < 1.29 is 4.79 Å². The third-order valence-corrected chi connectivity index (χ3v) is 5.42. The molecule has 1 amide bonds. The van der Waals surface area contributed by atoms with Crippen LogP contribution >= 0.6 is 0 Å². The number of aryl methyl sites for hydroxylation is 2. The molecule has 4 atom stereocenters. The van der Waals surface area contributed by atoms with Gasteiger partial charge in [0.2, 0.25) is 0 Å². The molecule has 1 aromatic carbocycles. The molecule has 2 bridgehead atoms. The molecule has 1 aromatic rings. The summed E-state index contributed by atoms with van der Waals surface area (Å²) in [6, 6.07) is 6.35. The van der Waals surface area contributed by atoms with E-state index in [0.29, 0.717) is 12.0 Å². The van der Waals surface area contributed by atoms with E-state index in [2.05, 4.69) is 25.2 Å². The second kappa shape index (κ2) is 5.23. The molecule has 0 aromatic heterocycles. The highest BCUT2D eigenvalue weighted by atomic mass is 16.1. The topological polar surface area (TPSA) is 29.1 Å². The first-order valence-corrected chi connectivity index (χ1v) is 7.92. The molecule has 2 fully saturated rings. The minimum Gasteiger partial charge on any atom is -0.349 e. The van der Waals surface area contributed by atoms with Crippen molar-refractivity contribution in [2.75, 3.05) is 0 Å². The SMILES string of the molecule is Cc1ccc(C(=O)N[C@H](C)[C@H]2C[C@@H]3CC[C@H]2C3)c(C)c1. The average molecular weight is 271 g/mol. The summed E-state index contributed by atoms with van der Waals surface area (Å²) in [5.74, 6) is 2.58. The number of hydrogen-bond donors (Lipinski definition) is 1. The zero-order valence-corrected chi connectivity index (χ0v) is 12.8. The van der Waals surface area contributed by atoms with Crippen LogP contribution < -0.4 is 5.32 Å². The number of fused-ring (bicyclic) bond motifs is 2. The molecule has 2 aliphatic carbocycles. The fourth-order valence-electron chi connectivity index (χ4n) is 4.37. The smallest absolute Gasteiger partial charge is 0.251 e. The van der Waals surface area contributed by atoms with Gasteiger partial charge in [-0.2, -0.15) is 0 Å². The molecule has 0 saturated heterocycles. The van der Waals surface area contributed by atoms with E-state index in [4.69, 9.17) is 0 Å². The van der Waals surface area contributed by atoms with Crippen molar-refractivity contribution in [1.29, 1.82) is 0 Å². The van der Waals surface area contributed by atoms with Crippen LogP contribution in [0.25, 0.3) is 0 Å². The monoisotopic (exact) mass is 271 g/mol. The van der Waals surface area contributed by atoms with Crippen molar-refractivity contribution in [3.63, 3.8) is 0 Å². The Morgan fingerprint density at radius 1 is 1.25 bits per heavy atom. The summed E-state index contributed by atoms with van der Waals surface area (Å²) in [5.41, 5.74) is 3.11. The molecule has 2 nitrogen and oxygen atoms in total. The Labute approximate surface area is 122 Å². The van der Waals surface area contributed by atoms with Gasteiger partial charge in [0.15, 0.2) is 0 Å². The van der Waals surface area contributed by atoms with Crippen molar-refractivity contribution in [3.8, 4) is 0 Å². The van der Waals surface area contributed by atoms with Gasteiger partial charge in [-0.15, -0.1) is 0 Å². The lowest BCUT2D eigenvalue weighted by Crippen LogP contribution is -2.40. The van der Waals surface area contributed by atoms with Crippen LogP contribution in [0.1, 0.15) is 54.1 Å². The Bertz CT molecular complexity index is 522. The lowest BCUT2D eigenvalue weighted by Gasteiger charge is -2.28. The van der Waals surface area contributed by atoms with E-state index >= 15 is 0 Å². The molecule has 1 N–H and O–H groups in total. The lowest BCUT2D eigenvalue weighted by atomic mass is 9.84. The van der Waals surface area contributed by atoms with Crippen LogP contribution in [0.2, 0.25) is 0 Å². The molecule has 2 saturated carbocycles. The highest BCUT2D eigenvalue weighted by Gasteiger charge is 2.42. The summed E-state index contributed by atoms with van der Waals surface area (Å²) in [6.45, 7) is 6.27. The van der Waals surface area contributed by atoms with Crippen LogP contribution in [0, 0.1) is 31.6 Å². The first kappa shape index (κ1) is 13.7. The van der Waals surface area contributed by atoms with Crippen molar-refractivity contribution in [3.05, 3.63) is 34.9 Å². The maximum atomic E-state index is 12.4. The van der Waals surface area contributed by atoms with E-state index in [1.54, 1.807) is 0 Å². The summed E-state index contributed by atoms with van der Waals surface area (Å²) in [7, 11) is 0. The largest absolute Gasteiger partial charge is 0.349 e. The standard InChI is InChI=1S/C18H25NO/c1-11-4-7-16(12(2)8-11)18(20)19-13(3)17-10-14-5-6-15(17)9-14/h4,7-8,13-15,17H,5-6,9-10H2,1-3H3,(H,19,20)/t13-,14-,15+,17-/m1/s1. The summed E-state index contributed by atoms with van der Waals surface area (Å²) < 4.78 is 0. The zero-order valence-electron chi connectivity index (χ0n) is 12.8. The fourth-order valence-corrected chi connectivity index (χ4v) is 4.37. The molecular formula is C18H25NO. The van der Waals surface area contributed by atoms with Crippen molar-refractivity contribution in [2.24, 2.45) is 17.8 Å². The molecule has 108 valence electrons. The van der Waals surface area contributed by atoms with Crippen molar-refractivity contribution in [1.82, 2.24) is 5.32 Å². The fraction of sp³-hybridized carbons (Fsp3) is 0.611. The lowest BCUT2D eigenvalue weighted by molar-refractivity contribution is 0.0914. The number of rotatable bonds is 3. The molecule has 0 radical (unpaired) electrons. The van der Waals surface area contributed by atoms with Gasteiger partial charge < -0.3 is 5.32 Å². The van der Waals surface area contributed by atoms with Crippen LogP contribution in [0.5, 0.6) is 0 Å². The number of carbonyl (C=O) groups excluding carboxylic acids is 1. The molecule has 3 rings (SSSR count). The van der Waals surface area contributed by atoms with Gasteiger partial charge in [-0.3, -0.25) is 4.79 Å².